The molecule has 0 radical (unpaired) electrons. The predicted octanol–water partition coefficient (Wildman–Crippen LogP) is 2.86. The highest BCUT2D eigenvalue weighted by molar-refractivity contribution is 5.93. The van der Waals surface area contributed by atoms with Gasteiger partial charge in [-0.3, -0.25) is 4.79 Å². The highest BCUT2D eigenvalue weighted by Crippen LogP contribution is 2.34. The number of amides is 1. The molecule has 0 aromatic heterocycles. The Bertz CT molecular complexity index is 688. The molecule has 3 rings (SSSR count). The van der Waals surface area contributed by atoms with Crippen molar-refractivity contribution < 1.29 is 13.9 Å². The molecule has 0 spiro atoms. The van der Waals surface area contributed by atoms with E-state index in [1.807, 2.05) is 24.3 Å². The number of carbonyl (C=O) groups is 1. The summed E-state index contributed by atoms with van der Waals surface area (Å²) in [5.74, 6) is -0.192. The summed E-state index contributed by atoms with van der Waals surface area (Å²) in [6, 6.07) is 11.6. The van der Waals surface area contributed by atoms with Crippen LogP contribution in [0, 0.1) is 5.82 Å². The van der Waals surface area contributed by atoms with Crippen LogP contribution < -0.4 is 15.8 Å². The Labute approximate surface area is 121 Å². The number of carbonyl (C=O) groups excluding carboxylic acids is 1. The molecule has 21 heavy (non-hydrogen) atoms. The van der Waals surface area contributed by atoms with Gasteiger partial charge in [-0.2, -0.15) is 0 Å². The zero-order valence-electron chi connectivity index (χ0n) is 11.3. The van der Waals surface area contributed by atoms with E-state index in [2.05, 4.69) is 5.32 Å². The van der Waals surface area contributed by atoms with Gasteiger partial charge in [0.25, 0.3) is 0 Å². The summed E-state index contributed by atoms with van der Waals surface area (Å²) in [6.45, 7) is 0.561. The Kier molecular flexibility index (Phi) is 3.48. The number of halogens is 1. The monoisotopic (exact) mass is 286 g/mol. The first kappa shape index (κ1) is 13.4. The number of primary amides is 1. The maximum absolute atomic E-state index is 13.9. The van der Waals surface area contributed by atoms with E-state index >= 15 is 0 Å². The molecule has 1 heterocycles. The molecule has 4 nitrogen and oxygen atoms in total. The number of nitrogens with two attached hydrogens (primary N) is 1. The van der Waals surface area contributed by atoms with Gasteiger partial charge in [-0.05, 0) is 24.3 Å². The van der Waals surface area contributed by atoms with Gasteiger partial charge in [0.1, 0.15) is 11.6 Å². The van der Waals surface area contributed by atoms with E-state index in [0.29, 0.717) is 6.61 Å². The van der Waals surface area contributed by atoms with Gasteiger partial charge in [0.2, 0.25) is 5.91 Å². The summed E-state index contributed by atoms with van der Waals surface area (Å²) >= 11 is 0. The van der Waals surface area contributed by atoms with E-state index in [1.54, 1.807) is 0 Å². The average Bonchev–Trinajstić information content (AvgIpc) is 2.49. The molecule has 2 aromatic rings. The fourth-order valence-corrected chi connectivity index (χ4v) is 2.47. The Morgan fingerprint density at radius 2 is 2.10 bits per heavy atom. The molecule has 0 bridgehead atoms. The maximum Gasteiger partial charge on any atom is 0.248 e. The minimum absolute atomic E-state index is 0.0624. The second kappa shape index (κ2) is 5.44. The molecule has 1 aliphatic heterocycles. The van der Waals surface area contributed by atoms with E-state index in [9.17, 15) is 9.18 Å². The van der Waals surface area contributed by atoms with Gasteiger partial charge in [0, 0.05) is 17.5 Å². The van der Waals surface area contributed by atoms with Gasteiger partial charge in [0.15, 0.2) is 0 Å². The van der Waals surface area contributed by atoms with Crippen molar-refractivity contribution >= 4 is 11.6 Å². The fraction of sp³-hybridized carbons (Fsp3) is 0.188. The largest absolute Gasteiger partial charge is 0.493 e. The van der Waals surface area contributed by atoms with Crippen LogP contribution in [-0.4, -0.2) is 12.5 Å². The normalized spacial score (nSPS) is 16.7. The van der Waals surface area contributed by atoms with E-state index in [4.69, 9.17) is 10.5 Å². The highest BCUT2D eigenvalue weighted by Gasteiger charge is 2.22. The number of ether oxygens (including phenoxy) is 1. The van der Waals surface area contributed by atoms with Crippen molar-refractivity contribution in [1.29, 1.82) is 0 Å². The topological polar surface area (TPSA) is 64.4 Å². The standard InChI is InChI=1S/C16H15FN2O2/c17-12-6-5-10(16(18)20)9-14(12)19-13-7-8-21-15-4-2-1-3-11(13)15/h1-6,9,13,19H,7-8H2,(H2,18,20). The van der Waals surface area contributed by atoms with Crippen LogP contribution in [0.4, 0.5) is 10.1 Å². The number of para-hydroxylation sites is 1. The molecule has 1 unspecified atom stereocenters. The molecule has 1 aliphatic rings. The first-order valence-corrected chi connectivity index (χ1v) is 6.73. The Morgan fingerprint density at radius 1 is 1.29 bits per heavy atom. The van der Waals surface area contributed by atoms with Crippen LogP contribution in [0.25, 0.3) is 0 Å². The minimum Gasteiger partial charge on any atom is -0.493 e. The molecule has 0 saturated carbocycles. The van der Waals surface area contributed by atoms with Crippen molar-refractivity contribution in [2.75, 3.05) is 11.9 Å². The molecule has 0 fully saturated rings. The first-order valence-electron chi connectivity index (χ1n) is 6.73. The lowest BCUT2D eigenvalue weighted by atomic mass is 10.00. The van der Waals surface area contributed by atoms with Gasteiger partial charge in [-0.25, -0.2) is 4.39 Å². The van der Waals surface area contributed by atoms with E-state index in [0.717, 1.165) is 17.7 Å². The van der Waals surface area contributed by atoms with Crippen molar-refractivity contribution in [2.45, 2.75) is 12.5 Å². The van der Waals surface area contributed by atoms with Crippen molar-refractivity contribution in [2.24, 2.45) is 5.73 Å². The van der Waals surface area contributed by atoms with Crippen molar-refractivity contribution in [3.05, 3.63) is 59.4 Å². The number of nitrogens with one attached hydrogen (secondary N) is 1. The van der Waals surface area contributed by atoms with Crippen molar-refractivity contribution in [1.82, 2.24) is 0 Å². The van der Waals surface area contributed by atoms with Gasteiger partial charge < -0.3 is 15.8 Å². The summed E-state index contributed by atoms with van der Waals surface area (Å²) in [5.41, 5.74) is 6.76. The quantitative estimate of drug-likeness (QED) is 0.912. The third kappa shape index (κ3) is 2.67. The SMILES string of the molecule is NC(=O)c1ccc(F)c(NC2CCOc3ccccc32)c1. The van der Waals surface area contributed by atoms with Gasteiger partial charge in [0.05, 0.1) is 18.3 Å². The molecular formula is C16H15FN2O2. The summed E-state index contributed by atoms with van der Waals surface area (Å²) in [7, 11) is 0. The summed E-state index contributed by atoms with van der Waals surface area (Å²) in [4.78, 5) is 11.2. The molecule has 2 aromatic carbocycles. The Balaban J connectivity index is 1.91. The molecule has 1 atom stereocenters. The number of benzene rings is 2. The van der Waals surface area contributed by atoms with Crippen LogP contribution in [-0.2, 0) is 0 Å². The molecule has 0 aliphatic carbocycles. The van der Waals surface area contributed by atoms with Gasteiger partial charge in [-0.1, -0.05) is 18.2 Å². The summed E-state index contributed by atoms with van der Waals surface area (Å²) in [5, 5.41) is 3.14. The lowest BCUT2D eigenvalue weighted by Crippen LogP contribution is -2.21. The number of anilines is 1. The second-order valence-electron chi connectivity index (χ2n) is 4.93. The summed E-state index contributed by atoms with van der Waals surface area (Å²) in [6.07, 6.45) is 0.719. The van der Waals surface area contributed by atoms with Crippen molar-refractivity contribution in [3.63, 3.8) is 0 Å². The lowest BCUT2D eigenvalue weighted by molar-refractivity contribution is 0.100. The number of rotatable bonds is 3. The molecule has 5 heteroatoms. The van der Waals surface area contributed by atoms with Crippen molar-refractivity contribution in [3.8, 4) is 5.75 Å². The van der Waals surface area contributed by atoms with Crippen LogP contribution in [0.3, 0.4) is 0 Å². The van der Waals surface area contributed by atoms with Crippen LogP contribution in [0.15, 0.2) is 42.5 Å². The first-order chi connectivity index (χ1) is 10.1. The van der Waals surface area contributed by atoms with E-state index in [-0.39, 0.29) is 17.3 Å². The van der Waals surface area contributed by atoms with Crippen LogP contribution >= 0.6 is 0 Å². The Morgan fingerprint density at radius 3 is 2.90 bits per heavy atom. The smallest absolute Gasteiger partial charge is 0.248 e. The van der Waals surface area contributed by atoms with Gasteiger partial charge >= 0.3 is 0 Å². The third-order valence-electron chi connectivity index (χ3n) is 3.54. The predicted molar refractivity (Wildman–Crippen MR) is 77.8 cm³/mol. The zero-order valence-corrected chi connectivity index (χ0v) is 11.3. The highest BCUT2D eigenvalue weighted by atomic mass is 19.1. The number of hydrogen-bond donors (Lipinski definition) is 2. The molecule has 0 saturated heterocycles. The van der Waals surface area contributed by atoms with Gasteiger partial charge in [-0.15, -0.1) is 0 Å². The van der Waals surface area contributed by atoms with E-state index < -0.39 is 11.7 Å². The summed E-state index contributed by atoms with van der Waals surface area (Å²) < 4.78 is 19.5. The third-order valence-corrected chi connectivity index (χ3v) is 3.54. The molecular weight excluding hydrogens is 271 g/mol. The van der Waals surface area contributed by atoms with E-state index in [1.165, 1.54) is 18.2 Å². The maximum atomic E-state index is 13.9. The minimum atomic E-state index is -0.578. The fourth-order valence-electron chi connectivity index (χ4n) is 2.47. The number of fused-ring (bicyclic) bond motifs is 1. The van der Waals surface area contributed by atoms with Crippen LogP contribution in [0.2, 0.25) is 0 Å². The average molecular weight is 286 g/mol. The zero-order chi connectivity index (χ0) is 14.8. The molecule has 108 valence electrons. The van der Waals surface area contributed by atoms with Crippen LogP contribution in [0.5, 0.6) is 5.75 Å². The second-order valence-corrected chi connectivity index (χ2v) is 4.93. The molecule has 3 N–H and O–H groups in total. The van der Waals surface area contributed by atoms with Crippen LogP contribution in [0.1, 0.15) is 28.4 Å². The number of hydrogen-bond acceptors (Lipinski definition) is 3. The Hall–Kier alpha value is -2.56. The molecule has 1 amide bonds. The lowest BCUT2D eigenvalue weighted by Gasteiger charge is -2.27.